The number of hydrogen-bond acceptors (Lipinski definition) is 3. The van der Waals surface area contributed by atoms with Crippen LogP contribution in [0.2, 0.25) is 0 Å². The first kappa shape index (κ1) is 20.0. The van der Waals surface area contributed by atoms with Crippen LogP contribution in [0, 0.1) is 6.92 Å². The molecule has 0 radical (unpaired) electrons. The van der Waals surface area contributed by atoms with Crippen molar-refractivity contribution < 1.29 is 4.57 Å². The lowest BCUT2D eigenvalue weighted by Gasteiger charge is -2.30. The Hall–Kier alpha value is -1.03. The molecule has 0 aliphatic carbocycles. The van der Waals surface area contributed by atoms with Crippen molar-refractivity contribution in [2.75, 3.05) is 13.1 Å². The molecular weight excluding hydrogens is 325 g/mol. The van der Waals surface area contributed by atoms with Crippen LogP contribution in [0.25, 0.3) is 0 Å². The van der Waals surface area contributed by atoms with Crippen molar-refractivity contribution in [3.05, 3.63) is 42.5 Å². The number of nitrogens with one attached hydrogen (secondary N) is 1. The summed E-state index contributed by atoms with van der Waals surface area (Å²) in [6.07, 6.45) is 4.39. The third-order valence-corrected chi connectivity index (χ3v) is 8.95. The first-order valence-electron chi connectivity index (χ1n) is 7.97. The molecule has 23 heavy (non-hydrogen) atoms. The molecule has 0 aliphatic rings. The third kappa shape index (κ3) is 6.54. The van der Waals surface area contributed by atoms with E-state index in [9.17, 15) is 4.57 Å². The lowest BCUT2D eigenvalue weighted by Crippen LogP contribution is -2.26. The predicted molar refractivity (Wildman–Crippen MR) is 105 cm³/mol. The molecule has 0 aromatic heterocycles. The summed E-state index contributed by atoms with van der Waals surface area (Å²) in [5, 5.41) is 3.45. The average molecular weight is 353 g/mol. The number of rotatable bonds is 10. The third-order valence-electron chi connectivity index (χ3n) is 3.37. The van der Waals surface area contributed by atoms with Gasteiger partial charge in [0.2, 0.25) is 0 Å². The summed E-state index contributed by atoms with van der Waals surface area (Å²) in [4.78, 5) is 4.48. The van der Waals surface area contributed by atoms with E-state index >= 15 is 0 Å². The molecule has 1 N–H and O–H groups in total. The molecule has 0 bridgehead atoms. The van der Waals surface area contributed by atoms with Gasteiger partial charge in [0.25, 0.3) is 6.65 Å². The van der Waals surface area contributed by atoms with Crippen LogP contribution in [0.4, 0.5) is 5.69 Å². The zero-order valence-corrected chi connectivity index (χ0v) is 16.2. The van der Waals surface area contributed by atoms with Gasteiger partial charge in [0.05, 0.1) is 12.0 Å². The van der Waals surface area contributed by atoms with Gasteiger partial charge in [-0.15, -0.1) is 6.58 Å². The van der Waals surface area contributed by atoms with Crippen LogP contribution in [0.5, 0.6) is 0 Å². The molecule has 4 nitrogen and oxygen atoms in total. The molecule has 0 amide bonds. The van der Waals surface area contributed by atoms with E-state index in [2.05, 4.69) is 30.5 Å². The highest BCUT2D eigenvalue weighted by Gasteiger charge is 2.29. The van der Waals surface area contributed by atoms with Gasteiger partial charge in [0, 0.05) is 18.3 Å². The van der Waals surface area contributed by atoms with Crippen LogP contribution in [-0.2, 0) is 4.57 Å². The molecule has 1 aromatic carbocycles. The Morgan fingerprint density at radius 2 is 2.04 bits per heavy atom. The van der Waals surface area contributed by atoms with E-state index in [1.54, 1.807) is 12.4 Å². The summed E-state index contributed by atoms with van der Waals surface area (Å²) in [5.41, 5.74) is 2.06. The highest BCUT2D eigenvalue weighted by molar-refractivity contribution is 8.57. The molecule has 0 heterocycles. The topological polar surface area (TPSA) is 44.7 Å². The van der Waals surface area contributed by atoms with E-state index in [-0.39, 0.29) is 0 Å². The van der Waals surface area contributed by atoms with Crippen molar-refractivity contribution in [2.24, 2.45) is 4.99 Å². The number of nitrogens with zero attached hydrogens (tertiary/aromatic N) is 2. The van der Waals surface area contributed by atoms with E-state index in [4.69, 9.17) is 0 Å². The zero-order chi connectivity index (χ0) is 17.3. The number of hydrogen-bond donors (Lipinski definition) is 1. The van der Waals surface area contributed by atoms with Crippen molar-refractivity contribution in [1.82, 2.24) is 9.76 Å². The second kappa shape index (κ2) is 9.96. The number of benzene rings is 1. The number of aryl methyl sites for hydroxylation is 1. The fourth-order valence-corrected chi connectivity index (χ4v) is 6.91. The van der Waals surface area contributed by atoms with Crippen molar-refractivity contribution in [2.45, 2.75) is 39.4 Å². The van der Waals surface area contributed by atoms with E-state index in [1.165, 1.54) is 16.9 Å². The normalized spacial score (nSPS) is 15.3. The van der Waals surface area contributed by atoms with Gasteiger partial charge in [-0.1, -0.05) is 49.0 Å². The Morgan fingerprint density at radius 3 is 2.57 bits per heavy atom. The first-order chi connectivity index (χ1) is 10.9. The van der Waals surface area contributed by atoms with Crippen LogP contribution in [0.15, 0.2) is 41.9 Å². The average Bonchev–Trinajstić information content (AvgIpc) is 2.55. The Morgan fingerprint density at radius 1 is 1.39 bits per heavy atom. The van der Waals surface area contributed by atoms with E-state index < -0.39 is 6.65 Å². The van der Waals surface area contributed by atoms with Crippen molar-refractivity contribution >= 4 is 30.1 Å². The van der Waals surface area contributed by atoms with Crippen molar-refractivity contribution in [1.29, 1.82) is 0 Å². The van der Waals surface area contributed by atoms with E-state index in [0.29, 0.717) is 18.3 Å². The summed E-state index contributed by atoms with van der Waals surface area (Å²) in [5.74, 6) is 0. The van der Waals surface area contributed by atoms with E-state index in [0.717, 1.165) is 12.1 Å². The first-order valence-corrected chi connectivity index (χ1v) is 11.1. The van der Waals surface area contributed by atoms with Crippen LogP contribution in [0.1, 0.15) is 32.8 Å². The SMILES string of the molecule is C=CCNP(=O)(SC(C)CC)N(C=Nc1ccc(C)cc1)CC. The quantitative estimate of drug-likeness (QED) is 0.265. The largest absolute Gasteiger partial charge is 0.294 e. The molecule has 6 heteroatoms. The van der Waals surface area contributed by atoms with E-state index in [1.807, 2.05) is 42.8 Å². The van der Waals surface area contributed by atoms with Gasteiger partial charge in [0.15, 0.2) is 0 Å². The van der Waals surface area contributed by atoms with Gasteiger partial charge in [-0.3, -0.25) is 9.24 Å². The maximum Gasteiger partial charge on any atom is 0.293 e. The number of aliphatic imine (C=N–C) groups is 1. The Bertz CT molecular complexity index is 559. The van der Waals surface area contributed by atoms with Gasteiger partial charge in [-0.25, -0.2) is 10.1 Å². The van der Waals surface area contributed by atoms with Crippen LogP contribution < -0.4 is 5.09 Å². The van der Waals surface area contributed by atoms with Crippen LogP contribution in [0.3, 0.4) is 0 Å². The summed E-state index contributed by atoms with van der Waals surface area (Å²) in [7, 11) is 0. The zero-order valence-electron chi connectivity index (χ0n) is 14.5. The minimum atomic E-state index is -2.79. The van der Waals surface area contributed by atoms with Crippen molar-refractivity contribution in [3.63, 3.8) is 0 Å². The summed E-state index contributed by atoms with van der Waals surface area (Å²) in [6.45, 7) is 10.3. The standard InChI is InChI=1S/C17H28N3OPS/c1-6-13-19-22(21,23-16(5)7-2)20(8-3)14-18-17-11-9-15(4)10-12-17/h6,9-12,14,16H,1,7-8,13H2,2-5H3,(H,19,21). The highest BCUT2D eigenvalue weighted by Crippen LogP contribution is 2.59. The molecule has 0 aliphatic heterocycles. The fraction of sp³-hybridized carbons (Fsp3) is 0.471. The molecule has 1 rings (SSSR count). The van der Waals surface area contributed by atoms with Gasteiger partial charge in [-0.05, 0) is 32.4 Å². The van der Waals surface area contributed by atoms with Gasteiger partial charge in [-0.2, -0.15) is 0 Å². The molecule has 0 fully saturated rings. The minimum Gasteiger partial charge on any atom is -0.294 e. The minimum absolute atomic E-state index is 0.306. The van der Waals surface area contributed by atoms with Crippen molar-refractivity contribution in [3.8, 4) is 0 Å². The Kier molecular flexibility index (Phi) is 8.67. The second-order valence-electron chi connectivity index (χ2n) is 5.33. The molecule has 128 valence electrons. The molecule has 0 saturated heterocycles. The molecular formula is C17H28N3OPS. The molecule has 2 unspecified atom stereocenters. The second-order valence-corrected chi connectivity index (χ2v) is 10.3. The highest BCUT2D eigenvalue weighted by atomic mass is 32.7. The van der Waals surface area contributed by atoms with Gasteiger partial charge in [0.1, 0.15) is 0 Å². The fourth-order valence-electron chi connectivity index (χ4n) is 1.79. The van der Waals surface area contributed by atoms with Crippen LogP contribution >= 0.6 is 18.0 Å². The molecule has 0 spiro atoms. The summed E-state index contributed by atoms with van der Waals surface area (Å²) in [6, 6.07) is 7.96. The van der Waals surface area contributed by atoms with Crippen LogP contribution in [-0.4, -0.2) is 29.3 Å². The monoisotopic (exact) mass is 353 g/mol. The predicted octanol–water partition coefficient (Wildman–Crippen LogP) is 5.39. The molecule has 2 atom stereocenters. The summed E-state index contributed by atoms with van der Waals surface area (Å²) >= 11 is 1.49. The van der Waals surface area contributed by atoms with Gasteiger partial charge >= 0.3 is 0 Å². The maximum atomic E-state index is 13.4. The molecule has 1 aromatic rings. The summed E-state index contributed by atoms with van der Waals surface area (Å²) < 4.78 is 15.2. The lowest BCUT2D eigenvalue weighted by molar-refractivity contribution is 0.533. The maximum absolute atomic E-state index is 13.4. The van der Waals surface area contributed by atoms with Gasteiger partial charge < -0.3 is 0 Å². The Labute approximate surface area is 144 Å². The lowest BCUT2D eigenvalue weighted by atomic mass is 10.2. The smallest absolute Gasteiger partial charge is 0.293 e. The Balaban J connectivity index is 2.96. The molecule has 0 saturated carbocycles.